The Balaban J connectivity index is 1.97. The highest BCUT2D eigenvalue weighted by Crippen LogP contribution is 2.08. The molecule has 1 amide bonds. The summed E-state index contributed by atoms with van der Waals surface area (Å²) in [5.74, 6) is -0.803. The van der Waals surface area contributed by atoms with Crippen LogP contribution in [0.4, 0.5) is 5.69 Å². The predicted molar refractivity (Wildman–Crippen MR) is 76.7 cm³/mol. The van der Waals surface area contributed by atoms with Gasteiger partial charge >= 0.3 is 5.97 Å². The molecule has 0 spiro atoms. The van der Waals surface area contributed by atoms with Crippen molar-refractivity contribution in [3.05, 3.63) is 54.5 Å². The molecule has 0 radical (unpaired) electrons. The lowest BCUT2D eigenvalue weighted by Gasteiger charge is -2.16. The zero-order valence-corrected chi connectivity index (χ0v) is 11.3. The van der Waals surface area contributed by atoms with Gasteiger partial charge in [0.15, 0.2) is 0 Å². The number of furan rings is 1. The minimum absolute atomic E-state index is 0.285. The van der Waals surface area contributed by atoms with Crippen LogP contribution in [-0.2, 0) is 16.1 Å². The van der Waals surface area contributed by atoms with E-state index in [0.717, 1.165) is 0 Å². The maximum Gasteiger partial charge on any atom is 0.305 e. The van der Waals surface area contributed by atoms with Gasteiger partial charge in [0.1, 0.15) is 5.76 Å². The van der Waals surface area contributed by atoms with Crippen molar-refractivity contribution in [2.75, 3.05) is 5.32 Å². The Labute approximate surface area is 121 Å². The zero-order valence-electron chi connectivity index (χ0n) is 11.3. The van der Waals surface area contributed by atoms with Crippen LogP contribution in [0.2, 0.25) is 0 Å². The van der Waals surface area contributed by atoms with Gasteiger partial charge in [0, 0.05) is 5.69 Å². The van der Waals surface area contributed by atoms with Gasteiger partial charge in [0.05, 0.1) is 25.3 Å². The molecule has 1 heterocycles. The Morgan fingerprint density at radius 3 is 2.52 bits per heavy atom. The van der Waals surface area contributed by atoms with E-state index in [-0.39, 0.29) is 13.0 Å². The van der Waals surface area contributed by atoms with Crippen molar-refractivity contribution in [1.29, 1.82) is 0 Å². The molecule has 110 valence electrons. The van der Waals surface area contributed by atoms with Crippen molar-refractivity contribution in [3.63, 3.8) is 0 Å². The summed E-state index contributed by atoms with van der Waals surface area (Å²) in [7, 11) is 0. The molecule has 1 aromatic heterocycles. The highest BCUT2D eigenvalue weighted by atomic mass is 16.4. The SMILES string of the molecule is O=C(O)CC(NCc1ccco1)C(=O)Nc1ccccc1. The monoisotopic (exact) mass is 288 g/mol. The quantitative estimate of drug-likeness (QED) is 0.723. The molecule has 6 heteroatoms. The number of carbonyl (C=O) groups is 2. The fourth-order valence-corrected chi connectivity index (χ4v) is 1.82. The number of rotatable bonds is 7. The number of anilines is 1. The van der Waals surface area contributed by atoms with E-state index in [9.17, 15) is 9.59 Å². The number of hydrogen-bond acceptors (Lipinski definition) is 4. The summed E-state index contributed by atoms with van der Waals surface area (Å²) < 4.78 is 5.15. The summed E-state index contributed by atoms with van der Waals surface area (Å²) in [6, 6.07) is 11.5. The van der Waals surface area contributed by atoms with Gasteiger partial charge in [-0.1, -0.05) is 18.2 Å². The van der Waals surface area contributed by atoms with E-state index in [1.807, 2.05) is 6.07 Å². The first-order valence-corrected chi connectivity index (χ1v) is 6.48. The van der Waals surface area contributed by atoms with Gasteiger partial charge in [0.2, 0.25) is 5.91 Å². The first-order chi connectivity index (χ1) is 10.1. The van der Waals surface area contributed by atoms with Crippen molar-refractivity contribution in [2.24, 2.45) is 0 Å². The van der Waals surface area contributed by atoms with Crippen molar-refractivity contribution < 1.29 is 19.1 Å². The van der Waals surface area contributed by atoms with E-state index in [1.54, 1.807) is 36.4 Å². The first kappa shape index (κ1) is 14.8. The third kappa shape index (κ3) is 4.77. The Morgan fingerprint density at radius 2 is 1.90 bits per heavy atom. The standard InChI is InChI=1S/C15H16N2O4/c18-14(19)9-13(16-10-12-7-4-8-21-12)15(20)17-11-5-2-1-3-6-11/h1-8,13,16H,9-10H2,(H,17,20)(H,18,19). The average Bonchev–Trinajstić information content (AvgIpc) is 2.97. The molecule has 21 heavy (non-hydrogen) atoms. The molecule has 0 saturated heterocycles. The van der Waals surface area contributed by atoms with Crippen molar-refractivity contribution in [2.45, 2.75) is 19.0 Å². The Bertz CT molecular complexity index is 581. The second-order valence-corrected chi connectivity index (χ2v) is 4.47. The number of carbonyl (C=O) groups excluding carboxylic acids is 1. The van der Waals surface area contributed by atoms with Crippen LogP contribution < -0.4 is 10.6 Å². The van der Waals surface area contributed by atoms with E-state index >= 15 is 0 Å². The second kappa shape index (κ2) is 7.25. The molecule has 2 aromatic rings. The zero-order chi connectivity index (χ0) is 15.1. The number of carboxylic acids is 1. The van der Waals surface area contributed by atoms with Gasteiger partial charge in [-0.3, -0.25) is 14.9 Å². The van der Waals surface area contributed by atoms with Gasteiger partial charge in [-0.2, -0.15) is 0 Å². The van der Waals surface area contributed by atoms with E-state index in [0.29, 0.717) is 11.4 Å². The Morgan fingerprint density at radius 1 is 1.14 bits per heavy atom. The largest absolute Gasteiger partial charge is 0.481 e. The molecule has 3 N–H and O–H groups in total. The summed E-state index contributed by atoms with van der Waals surface area (Å²) in [4.78, 5) is 23.0. The normalized spacial score (nSPS) is 11.8. The van der Waals surface area contributed by atoms with Gasteiger partial charge < -0.3 is 14.8 Å². The van der Waals surface area contributed by atoms with E-state index < -0.39 is 17.9 Å². The van der Waals surface area contributed by atoms with Gasteiger partial charge in [-0.05, 0) is 24.3 Å². The second-order valence-electron chi connectivity index (χ2n) is 4.47. The molecule has 1 atom stereocenters. The molecule has 0 fully saturated rings. The fraction of sp³-hybridized carbons (Fsp3) is 0.200. The molecule has 0 bridgehead atoms. The maximum atomic E-state index is 12.1. The molecule has 0 aliphatic rings. The molecule has 1 aromatic carbocycles. The van der Waals surface area contributed by atoms with E-state index in [2.05, 4.69) is 10.6 Å². The molecule has 6 nitrogen and oxygen atoms in total. The predicted octanol–water partition coefficient (Wildman–Crippen LogP) is 1.85. The molecular weight excluding hydrogens is 272 g/mol. The van der Waals surface area contributed by atoms with Gasteiger partial charge in [0.25, 0.3) is 0 Å². The smallest absolute Gasteiger partial charge is 0.305 e. The summed E-state index contributed by atoms with van der Waals surface area (Å²) >= 11 is 0. The Hall–Kier alpha value is -2.60. The van der Waals surface area contributed by atoms with E-state index in [4.69, 9.17) is 9.52 Å². The number of para-hydroxylation sites is 1. The summed E-state index contributed by atoms with van der Waals surface area (Å²) in [6.07, 6.45) is 1.21. The summed E-state index contributed by atoms with van der Waals surface area (Å²) in [6.45, 7) is 0.285. The molecule has 0 aliphatic heterocycles. The van der Waals surface area contributed by atoms with Crippen LogP contribution >= 0.6 is 0 Å². The van der Waals surface area contributed by atoms with Crippen molar-refractivity contribution in [3.8, 4) is 0 Å². The minimum Gasteiger partial charge on any atom is -0.481 e. The maximum absolute atomic E-state index is 12.1. The van der Waals surface area contributed by atoms with Crippen LogP contribution in [0.15, 0.2) is 53.1 Å². The van der Waals surface area contributed by atoms with Crippen LogP contribution in [-0.4, -0.2) is 23.0 Å². The number of aliphatic carboxylic acids is 1. The number of amides is 1. The van der Waals surface area contributed by atoms with Crippen molar-refractivity contribution in [1.82, 2.24) is 5.32 Å². The molecule has 0 aliphatic carbocycles. The molecule has 0 saturated carbocycles. The third-order valence-corrected chi connectivity index (χ3v) is 2.84. The van der Waals surface area contributed by atoms with Crippen molar-refractivity contribution >= 4 is 17.6 Å². The molecular formula is C15H16N2O4. The number of hydrogen-bond donors (Lipinski definition) is 3. The van der Waals surface area contributed by atoms with Gasteiger partial charge in [-0.25, -0.2) is 0 Å². The average molecular weight is 288 g/mol. The first-order valence-electron chi connectivity index (χ1n) is 6.48. The fourth-order valence-electron chi connectivity index (χ4n) is 1.82. The summed E-state index contributed by atoms with van der Waals surface area (Å²) in [5, 5.41) is 14.5. The van der Waals surface area contributed by atoms with Crippen LogP contribution in [0.3, 0.4) is 0 Å². The van der Waals surface area contributed by atoms with Crippen LogP contribution in [0.1, 0.15) is 12.2 Å². The van der Waals surface area contributed by atoms with E-state index in [1.165, 1.54) is 6.26 Å². The summed E-state index contributed by atoms with van der Waals surface area (Å²) in [5.41, 5.74) is 0.623. The lowest BCUT2D eigenvalue weighted by molar-refractivity contribution is -0.139. The van der Waals surface area contributed by atoms with Gasteiger partial charge in [-0.15, -0.1) is 0 Å². The highest BCUT2D eigenvalue weighted by Gasteiger charge is 2.21. The highest BCUT2D eigenvalue weighted by molar-refractivity contribution is 5.96. The number of benzene rings is 1. The number of carboxylic acid groups (broad SMARTS) is 1. The lowest BCUT2D eigenvalue weighted by Crippen LogP contribution is -2.41. The van der Waals surface area contributed by atoms with Crippen LogP contribution in [0.5, 0.6) is 0 Å². The Kier molecular flexibility index (Phi) is 5.11. The van der Waals surface area contributed by atoms with Crippen LogP contribution in [0.25, 0.3) is 0 Å². The molecule has 1 unspecified atom stereocenters. The molecule has 2 rings (SSSR count). The minimum atomic E-state index is -1.05. The third-order valence-electron chi connectivity index (χ3n) is 2.84. The number of nitrogens with one attached hydrogen (secondary N) is 2. The lowest BCUT2D eigenvalue weighted by atomic mass is 10.1. The van der Waals surface area contributed by atoms with Crippen LogP contribution in [0, 0.1) is 0 Å². The topological polar surface area (TPSA) is 91.6 Å².